The molecule has 0 bridgehead atoms. The van der Waals surface area contributed by atoms with Crippen LogP contribution < -0.4 is 30.3 Å². The van der Waals surface area contributed by atoms with Crippen LogP contribution in [0.15, 0.2) is 89.2 Å². The highest BCUT2D eigenvalue weighted by Crippen LogP contribution is 2.35. The Morgan fingerprint density at radius 3 is 2.59 bits per heavy atom. The van der Waals surface area contributed by atoms with Gasteiger partial charge in [0.15, 0.2) is 17.7 Å². The molecule has 2 amide bonds. The van der Waals surface area contributed by atoms with Crippen molar-refractivity contribution in [3.63, 3.8) is 0 Å². The summed E-state index contributed by atoms with van der Waals surface area (Å²) in [7, 11) is 1.28. The van der Waals surface area contributed by atoms with E-state index in [4.69, 9.17) is 18.9 Å². The number of urea groups is 1. The molecule has 0 aromatic heterocycles. The van der Waals surface area contributed by atoms with Crippen LogP contribution in [0.4, 0.5) is 4.79 Å². The summed E-state index contributed by atoms with van der Waals surface area (Å²) in [6.45, 7) is 3.66. The highest BCUT2D eigenvalue weighted by molar-refractivity contribution is 5.95. The summed E-state index contributed by atoms with van der Waals surface area (Å²) in [5.74, 6) is 1.56. The molecule has 0 radical (unpaired) electrons. The summed E-state index contributed by atoms with van der Waals surface area (Å²) in [5.41, 5.74) is 4.67. The maximum atomic E-state index is 12.4. The molecule has 1 aliphatic rings. The van der Waals surface area contributed by atoms with E-state index in [1.165, 1.54) is 7.11 Å². The molecule has 1 heterocycles. The topological polar surface area (TPSA) is 140 Å². The Morgan fingerprint density at radius 1 is 1.05 bits per heavy atom. The Bertz CT molecular complexity index is 1430. The molecule has 0 fully saturated rings. The Labute approximate surface area is 237 Å². The van der Waals surface area contributed by atoms with Crippen molar-refractivity contribution in [2.24, 2.45) is 5.10 Å². The quantitative estimate of drug-likeness (QED) is 0.113. The van der Waals surface area contributed by atoms with Gasteiger partial charge in [-0.3, -0.25) is 5.43 Å². The molecular formula is C30H32N4O7. The summed E-state index contributed by atoms with van der Waals surface area (Å²) >= 11 is 0. The SMILES string of the molecule is CCOc1cc([C@H]2NC(=O)NC(C)=C2C(=O)OC)ccc1OC[C@H](O)N/N=C\c1cccc(Oc2ccccc2)c1. The first kappa shape index (κ1) is 29.0. The van der Waals surface area contributed by atoms with Crippen LogP contribution in [0.5, 0.6) is 23.0 Å². The Kier molecular flexibility index (Phi) is 9.79. The summed E-state index contributed by atoms with van der Waals surface area (Å²) in [5, 5.41) is 19.8. The normalized spacial score (nSPS) is 15.5. The van der Waals surface area contributed by atoms with E-state index in [0.29, 0.717) is 35.1 Å². The number of aliphatic hydroxyl groups is 1. The molecule has 4 rings (SSSR count). The minimum Gasteiger partial charge on any atom is -0.490 e. The summed E-state index contributed by atoms with van der Waals surface area (Å²) in [6.07, 6.45) is 0.438. The van der Waals surface area contributed by atoms with E-state index >= 15 is 0 Å². The second-order valence-electron chi connectivity index (χ2n) is 8.90. The molecule has 0 spiro atoms. The fraction of sp³-hybridized carbons (Fsp3) is 0.233. The lowest BCUT2D eigenvalue weighted by atomic mass is 9.95. The van der Waals surface area contributed by atoms with Crippen LogP contribution in [0.3, 0.4) is 0 Å². The molecule has 11 heteroatoms. The van der Waals surface area contributed by atoms with E-state index in [2.05, 4.69) is 21.2 Å². The summed E-state index contributed by atoms with van der Waals surface area (Å²) in [4.78, 5) is 24.5. The molecule has 3 aromatic carbocycles. The lowest BCUT2D eigenvalue weighted by molar-refractivity contribution is -0.136. The Morgan fingerprint density at radius 2 is 1.83 bits per heavy atom. The van der Waals surface area contributed by atoms with Gasteiger partial charge >= 0.3 is 12.0 Å². The third-order valence-electron chi connectivity index (χ3n) is 5.95. The number of amides is 2. The minimum absolute atomic E-state index is 0.134. The predicted octanol–water partition coefficient (Wildman–Crippen LogP) is 4.00. The average molecular weight is 561 g/mol. The van der Waals surface area contributed by atoms with Gasteiger partial charge in [-0.1, -0.05) is 36.4 Å². The van der Waals surface area contributed by atoms with Crippen LogP contribution >= 0.6 is 0 Å². The molecule has 1 aliphatic heterocycles. The van der Waals surface area contributed by atoms with E-state index < -0.39 is 24.3 Å². The number of nitrogens with zero attached hydrogens (tertiary/aromatic N) is 1. The molecular weight excluding hydrogens is 528 g/mol. The van der Waals surface area contributed by atoms with Crippen molar-refractivity contribution in [2.75, 3.05) is 20.3 Å². The zero-order valence-electron chi connectivity index (χ0n) is 22.9. The first-order valence-corrected chi connectivity index (χ1v) is 12.9. The van der Waals surface area contributed by atoms with Crippen LogP contribution in [0.25, 0.3) is 0 Å². The van der Waals surface area contributed by atoms with Crippen LogP contribution in [0.2, 0.25) is 0 Å². The number of carbonyl (C=O) groups excluding carboxylic acids is 2. The standard InChI is InChI=1S/C30H32N4O7/c1-4-39-25-16-21(28-27(29(36)38-3)19(2)32-30(37)33-28)13-14-24(25)40-18-26(35)34-31-17-20-9-8-12-23(15-20)41-22-10-6-5-7-11-22/h5-17,26,28,34-35H,4,18H2,1-3H3,(H2,32,33,37)/b31-17-/t26-,28+/m0/s1. The van der Waals surface area contributed by atoms with Gasteiger partial charge in [-0.2, -0.15) is 5.10 Å². The second-order valence-corrected chi connectivity index (χ2v) is 8.90. The number of hydrogen-bond acceptors (Lipinski definition) is 9. The number of methoxy groups -OCH3 is 1. The number of carbonyl (C=O) groups is 2. The van der Waals surface area contributed by atoms with Gasteiger partial charge < -0.3 is 34.7 Å². The molecule has 0 unspecified atom stereocenters. The predicted molar refractivity (Wildman–Crippen MR) is 152 cm³/mol. The maximum Gasteiger partial charge on any atom is 0.337 e. The fourth-order valence-corrected chi connectivity index (χ4v) is 4.10. The van der Waals surface area contributed by atoms with Gasteiger partial charge in [0.1, 0.15) is 18.1 Å². The molecule has 41 heavy (non-hydrogen) atoms. The maximum absolute atomic E-state index is 12.4. The average Bonchev–Trinajstić information content (AvgIpc) is 2.96. The fourth-order valence-electron chi connectivity index (χ4n) is 4.10. The van der Waals surface area contributed by atoms with E-state index in [0.717, 1.165) is 11.3 Å². The lowest BCUT2D eigenvalue weighted by Crippen LogP contribution is -2.45. The van der Waals surface area contributed by atoms with Crippen molar-refractivity contribution < 1.29 is 33.6 Å². The molecule has 0 saturated heterocycles. The van der Waals surface area contributed by atoms with Gasteiger partial charge in [0.05, 0.1) is 31.5 Å². The molecule has 4 N–H and O–H groups in total. The monoisotopic (exact) mass is 560 g/mol. The van der Waals surface area contributed by atoms with Crippen LogP contribution in [0, 0.1) is 0 Å². The highest BCUT2D eigenvalue weighted by Gasteiger charge is 2.32. The van der Waals surface area contributed by atoms with Crippen LogP contribution in [-0.4, -0.2) is 49.9 Å². The van der Waals surface area contributed by atoms with Crippen molar-refractivity contribution in [2.45, 2.75) is 26.1 Å². The van der Waals surface area contributed by atoms with Gasteiger partial charge in [0, 0.05) is 5.70 Å². The highest BCUT2D eigenvalue weighted by atomic mass is 16.5. The lowest BCUT2D eigenvalue weighted by Gasteiger charge is -2.28. The molecule has 2 atom stereocenters. The third-order valence-corrected chi connectivity index (χ3v) is 5.95. The molecule has 11 nitrogen and oxygen atoms in total. The van der Waals surface area contributed by atoms with Crippen molar-refractivity contribution in [3.05, 3.63) is 95.2 Å². The number of allylic oxidation sites excluding steroid dienone is 1. The van der Waals surface area contributed by atoms with Gasteiger partial charge in [0.2, 0.25) is 0 Å². The molecule has 3 aromatic rings. The second kappa shape index (κ2) is 13.9. The van der Waals surface area contributed by atoms with Crippen molar-refractivity contribution >= 4 is 18.2 Å². The number of hydrazone groups is 1. The Hall–Kier alpha value is -5.03. The summed E-state index contributed by atoms with van der Waals surface area (Å²) in [6, 6.07) is 20.6. The van der Waals surface area contributed by atoms with E-state index in [-0.39, 0.29) is 12.2 Å². The van der Waals surface area contributed by atoms with E-state index in [9.17, 15) is 14.7 Å². The number of hydrogen-bond donors (Lipinski definition) is 4. The first-order valence-electron chi connectivity index (χ1n) is 12.9. The number of rotatable bonds is 12. The zero-order valence-corrected chi connectivity index (χ0v) is 22.9. The van der Waals surface area contributed by atoms with Crippen LogP contribution in [0.1, 0.15) is 31.0 Å². The molecule has 214 valence electrons. The minimum atomic E-state index is -1.12. The largest absolute Gasteiger partial charge is 0.490 e. The van der Waals surface area contributed by atoms with Gasteiger partial charge in [-0.25, -0.2) is 9.59 Å². The van der Waals surface area contributed by atoms with Gasteiger partial charge in [-0.15, -0.1) is 0 Å². The number of nitrogens with one attached hydrogen (secondary N) is 3. The number of para-hydroxylation sites is 1. The number of ether oxygens (including phenoxy) is 4. The van der Waals surface area contributed by atoms with E-state index in [1.54, 1.807) is 31.3 Å². The molecule has 0 saturated carbocycles. The number of benzene rings is 3. The first-order chi connectivity index (χ1) is 19.9. The molecule has 0 aliphatic carbocycles. The van der Waals surface area contributed by atoms with Crippen molar-refractivity contribution in [1.82, 2.24) is 16.1 Å². The Balaban J connectivity index is 1.38. The van der Waals surface area contributed by atoms with Gasteiger partial charge in [0.25, 0.3) is 0 Å². The number of esters is 1. The number of aliphatic hydroxyl groups excluding tert-OH is 1. The summed E-state index contributed by atoms with van der Waals surface area (Å²) < 4.78 is 22.3. The van der Waals surface area contributed by atoms with Crippen LogP contribution in [-0.2, 0) is 9.53 Å². The van der Waals surface area contributed by atoms with Crippen molar-refractivity contribution in [1.29, 1.82) is 0 Å². The van der Waals surface area contributed by atoms with Crippen molar-refractivity contribution in [3.8, 4) is 23.0 Å². The van der Waals surface area contributed by atoms with E-state index in [1.807, 2.05) is 61.5 Å². The smallest absolute Gasteiger partial charge is 0.337 e. The third kappa shape index (κ3) is 7.76. The zero-order chi connectivity index (χ0) is 29.2. The van der Waals surface area contributed by atoms with Gasteiger partial charge in [-0.05, 0) is 61.4 Å².